The molecule has 3 amide bonds. The Morgan fingerprint density at radius 3 is 2.79 bits per heavy atom. The number of hydrogen-bond acceptors (Lipinski definition) is 6. The number of amides is 3. The third-order valence-corrected chi connectivity index (χ3v) is 5.13. The van der Waals surface area contributed by atoms with Crippen LogP contribution in [0.5, 0.6) is 0 Å². The van der Waals surface area contributed by atoms with Crippen molar-refractivity contribution in [1.29, 1.82) is 0 Å². The van der Waals surface area contributed by atoms with Gasteiger partial charge in [0.25, 0.3) is 5.56 Å². The van der Waals surface area contributed by atoms with Crippen LogP contribution in [-0.4, -0.2) is 27.2 Å². The van der Waals surface area contributed by atoms with Crippen LogP contribution < -0.4 is 16.2 Å². The summed E-state index contributed by atoms with van der Waals surface area (Å²) in [6, 6.07) is 9.96. The molecule has 0 atom stereocenters. The predicted octanol–water partition coefficient (Wildman–Crippen LogP) is 2.91. The molecule has 152 valence electrons. The molecule has 2 N–H and O–H groups in total. The third-order valence-electron chi connectivity index (χ3n) is 4.15. The molecule has 8 nitrogen and oxygen atoms in total. The van der Waals surface area contributed by atoms with Gasteiger partial charge in [0.05, 0.1) is 29.5 Å². The van der Waals surface area contributed by atoms with E-state index in [2.05, 4.69) is 15.6 Å². The highest BCUT2D eigenvalue weighted by Gasteiger charge is 2.14. The number of carbonyl (C=O) groups is 2. The lowest BCUT2D eigenvalue weighted by atomic mass is 10.2. The molecule has 29 heavy (non-hydrogen) atoms. The SMILES string of the molecule is CCCCn1c(SCC(=O)NC(=O)NCc2ccco2)nc2ccccc2c1=O. The average Bonchev–Trinajstić information content (AvgIpc) is 3.24. The first kappa shape index (κ1) is 20.7. The number of rotatable bonds is 8. The molecule has 0 saturated heterocycles. The summed E-state index contributed by atoms with van der Waals surface area (Å²) in [7, 11) is 0. The molecule has 2 aromatic heterocycles. The number of carbonyl (C=O) groups excluding carboxylic acids is 2. The number of fused-ring (bicyclic) bond motifs is 1. The van der Waals surface area contributed by atoms with Crippen LogP contribution in [-0.2, 0) is 17.9 Å². The van der Waals surface area contributed by atoms with Crippen LogP contribution in [0, 0.1) is 0 Å². The number of aromatic nitrogens is 2. The summed E-state index contributed by atoms with van der Waals surface area (Å²) in [6.07, 6.45) is 3.26. The molecule has 0 fully saturated rings. The molecule has 0 saturated carbocycles. The fourth-order valence-electron chi connectivity index (χ4n) is 2.69. The molecule has 0 aliphatic carbocycles. The van der Waals surface area contributed by atoms with Gasteiger partial charge < -0.3 is 9.73 Å². The van der Waals surface area contributed by atoms with E-state index in [9.17, 15) is 14.4 Å². The van der Waals surface area contributed by atoms with Crippen LogP contribution in [0.25, 0.3) is 10.9 Å². The molecule has 0 aliphatic rings. The van der Waals surface area contributed by atoms with E-state index in [4.69, 9.17) is 4.42 Å². The zero-order chi connectivity index (χ0) is 20.6. The Labute approximate surface area is 171 Å². The topological polar surface area (TPSA) is 106 Å². The van der Waals surface area contributed by atoms with Crippen molar-refractivity contribution >= 4 is 34.6 Å². The maximum atomic E-state index is 12.8. The van der Waals surface area contributed by atoms with E-state index in [0.29, 0.717) is 28.4 Å². The number of imide groups is 1. The molecule has 3 rings (SSSR count). The minimum Gasteiger partial charge on any atom is -0.467 e. The van der Waals surface area contributed by atoms with Gasteiger partial charge in [0.1, 0.15) is 5.76 Å². The summed E-state index contributed by atoms with van der Waals surface area (Å²) >= 11 is 1.13. The zero-order valence-electron chi connectivity index (χ0n) is 16.0. The van der Waals surface area contributed by atoms with Crippen LogP contribution in [0.15, 0.2) is 57.0 Å². The molecule has 0 radical (unpaired) electrons. The van der Waals surface area contributed by atoms with Crippen molar-refractivity contribution in [3.8, 4) is 0 Å². The Kier molecular flexibility index (Phi) is 7.07. The van der Waals surface area contributed by atoms with Gasteiger partial charge in [0.2, 0.25) is 5.91 Å². The Bertz CT molecular complexity index is 1050. The minimum absolute atomic E-state index is 0.0366. The first-order chi connectivity index (χ1) is 14.1. The summed E-state index contributed by atoms with van der Waals surface area (Å²) in [4.78, 5) is 41.3. The van der Waals surface area contributed by atoms with E-state index in [-0.39, 0.29) is 17.9 Å². The van der Waals surface area contributed by atoms with Crippen molar-refractivity contribution in [2.75, 3.05) is 5.75 Å². The Morgan fingerprint density at radius 1 is 1.21 bits per heavy atom. The Morgan fingerprint density at radius 2 is 2.03 bits per heavy atom. The first-order valence-corrected chi connectivity index (χ1v) is 10.3. The average molecular weight is 414 g/mol. The molecule has 0 bridgehead atoms. The van der Waals surface area contributed by atoms with Crippen LogP contribution in [0.3, 0.4) is 0 Å². The van der Waals surface area contributed by atoms with Gasteiger partial charge in [-0.25, -0.2) is 9.78 Å². The van der Waals surface area contributed by atoms with Gasteiger partial charge in [-0.05, 0) is 30.7 Å². The molecule has 3 aromatic rings. The maximum absolute atomic E-state index is 12.8. The third kappa shape index (κ3) is 5.47. The lowest BCUT2D eigenvalue weighted by molar-refractivity contribution is -0.117. The Balaban J connectivity index is 1.64. The zero-order valence-corrected chi connectivity index (χ0v) is 16.8. The number of nitrogens with zero attached hydrogens (tertiary/aromatic N) is 2. The monoisotopic (exact) mass is 414 g/mol. The lowest BCUT2D eigenvalue weighted by Crippen LogP contribution is -2.40. The van der Waals surface area contributed by atoms with Crippen LogP contribution in [0.1, 0.15) is 25.5 Å². The molecule has 1 aromatic carbocycles. The standard InChI is InChI=1S/C20H22N4O4S/c1-2-3-10-24-18(26)15-8-4-5-9-16(15)22-20(24)29-13-17(25)23-19(27)21-12-14-7-6-11-28-14/h4-9,11H,2-3,10,12-13H2,1H3,(H2,21,23,25,27). The number of nitrogens with one attached hydrogen (secondary N) is 2. The normalized spacial score (nSPS) is 10.8. The van der Waals surface area contributed by atoms with Crippen LogP contribution >= 0.6 is 11.8 Å². The van der Waals surface area contributed by atoms with Gasteiger partial charge in [-0.1, -0.05) is 37.2 Å². The number of para-hydroxylation sites is 1. The molecule has 0 unspecified atom stereocenters. The van der Waals surface area contributed by atoms with E-state index >= 15 is 0 Å². The van der Waals surface area contributed by atoms with E-state index in [1.165, 1.54) is 6.26 Å². The second-order valence-electron chi connectivity index (χ2n) is 6.32. The summed E-state index contributed by atoms with van der Waals surface area (Å²) in [6.45, 7) is 2.75. The molecule has 0 aliphatic heterocycles. The highest BCUT2D eigenvalue weighted by Crippen LogP contribution is 2.18. The number of benzene rings is 1. The van der Waals surface area contributed by atoms with Gasteiger partial charge in [0, 0.05) is 6.54 Å². The van der Waals surface area contributed by atoms with Crippen LogP contribution in [0.4, 0.5) is 4.79 Å². The van der Waals surface area contributed by atoms with E-state index in [0.717, 1.165) is 24.6 Å². The summed E-state index contributed by atoms with van der Waals surface area (Å²) in [5.41, 5.74) is 0.465. The smallest absolute Gasteiger partial charge is 0.321 e. The van der Waals surface area contributed by atoms with Crippen molar-refractivity contribution < 1.29 is 14.0 Å². The summed E-state index contributed by atoms with van der Waals surface area (Å²) < 4.78 is 6.71. The quantitative estimate of drug-likeness (QED) is 0.434. The molecule has 2 heterocycles. The largest absolute Gasteiger partial charge is 0.467 e. The highest BCUT2D eigenvalue weighted by molar-refractivity contribution is 7.99. The van der Waals surface area contributed by atoms with E-state index in [1.54, 1.807) is 34.9 Å². The molecule has 9 heteroatoms. The maximum Gasteiger partial charge on any atom is 0.321 e. The second kappa shape index (κ2) is 9.92. The Hall–Kier alpha value is -3.07. The summed E-state index contributed by atoms with van der Waals surface area (Å²) in [5, 5.41) is 5.82. The van der Waals surface area contributed by atoms with Gasteiger partial charge >= 0.3 is 6.03 Å². The van der Waals surface area contributed by atoms with Gasteiger partial charge in [0.15, 0.2) is 5.16 Å². The number of urea groups is 1. The van der Waals surface area contributed by atoms with Gasteiger partial charge in [-0.3, -0.25) is 19.5 Å². The van der Waals surface area contributed by atoms with Crippen molar-refractivity contribution in [2.45, 2.75) is 38.0 Å². The van der Waals surface area contributed by atoms with Gasteiger partial charge in [-0.15, -0.1) is 0 Å². The first-order valence-electron chi connectivity index (χ1n) is 9.31. The van der Waals surface area contributed by atoms with Crippen LogP contribution in [0.2, 0.25) is 0 Å². The minimum atomic E-state index is -0.609. The molecule has 0 spiro atoms. The number of thioether (sulfide) groups is 1. The predicted molar refractivity (Wildman–Crippen MR) is 111 cm³/mol. The highest BCUT2D eigenvalue weighted by atomic mass is 32.2. The molecular formula is C20H22N4O4S. The van der Waals surface area contributed by atoms with Crippen molar-refractivity contribution in [1.82, 2.24) is 20.2 Å². The second-order valence-corrected chi connectivity index (χ2v) is 7.26. The van der Waals surface area contributed by atoms with E-state index in [1.807, 2.05) is 13.0 Å². The molecular weight excluding hydrogens is 392 g/mol. The lowest BCUT2D eigenvalue weighted by Gasteiger charge is -2.12. The van der Waals surface area contributed by atoms with Gasteiger partial charge in [-0.2, -0.15) is 0 Å². The van der Waals surface area contributed by atoms with Crippen molar-refractivity contribution in [3.63, 3.8) is 0 Å². The number of unbranched alkanes of at least 4 members (excludes halogenated alkanes) is 1. The van der Waals surface area contributed by atoms with Crippen molar-refractivity contribution in [3.05, 3.63) is 58.8 Å². The van der Waals surface area contributed by atoms with E-state index < -0.39 is 11.9 Å². The fraction of sp³-hybridized carbons (Fsp3) is 0.300. The summed E-state index contributed by atoms with van der Waals surface area (Å²) in [5.74, 6) is 0.0733. The van der Waals surface area contributed by atoms with Crippen molar-refractivity contribution in [2.24, 2.45) is 0 Å². The fourth-order valence-corrected chi connectivity index (χ4v) is 3.51. The number of hydrogen-bond donors (Lipinski definition) is 2. The number of furan rings is 1.